The molecule has 4 N–H and O–H groups in total. The number of hydrogen-bond donors (Lipinski definition) is 4. The molecule has 1 aromatic carbocycles. The minimum atomic E-state index is -1.10. The number of carbonyl (C=O) groups is 4. The zero-order chi connectivity index (χ0) is 28.1. The van der Waals surface area contributed by atoms with Crippen molar-refractivity contribution < 1.29 is 39.6 Å². The summed E-state index contributed by atoms with van der Waals surface area (Å²) in [5.41, 5.74) is 1.90. The van der Waals surface area contributed by atoms with Gasteiger partial charge in [0.15, 0.2) is 0 Å². The smallest absolute Gasteiger partial charge is 0.323 e. The molecule has 0 aromatic heterocycles. The Morgan fingerprint density at radius 2 is 1.24 bits per heavy atom. The summed E-state index contributed by atoms with van der Waals surface area (Å²) in [6, 6.07) is 7.02. The van der Waals surface area contributed by atoms with Crippen molar-refractivity contribution in [2.75, 3.05) is 65.4 Å². The number of benzene rings is 1. The number of rotatable bonds is 11. The third-order valence-electron chi connectivity index (χ3n) is 5.74. The van der Waals surface area contributed by atoms with E-state index in [0.717, 1.165) is 5.56 Å². The van der Waals surface area contributed by atoms with Crippen molar-refractivity contribution in [3.05, 3.63) is 41.7 Å². The van der Waals surface area contributed by atoms with Gasteiger partial charge in [0, 0.05) is 57.6 Å². The molecular formula is C24H31N5O8S. The Morgan fingerprint density at radius 1 is 0.737 bits per heavy atom. The average Bonchev–Trinajstić information content (AvgIpc) is 2.82. The van der Waals surface area contributed by atoms with Crippen LogP contribution < -0.4 is 0 Å². The first-order valence-corrected chi connectivity index (χ1v) is 12.1. The molecule has 13 nitrogen and oxygen atoms in total. The van der Waals surface area contributed by atoms with Crippen molar-refractivity contribution in [1.82, 2.24) is 19.6 Å². The van der Waals surface area contributed by atoms with Gasteiger partial charge < -0.3 is 30.2 Å². The van der Waals surface area contributed by atoms with Crippen molar-refractivity contribution >= 4 is 46.9 Å². The van der Waals surface area contributed by atoms with Gasteiger partial charge in [-0.25, -0.2) is 0 Å². The van der Waals surface area contributed by atoms with E-state index in [2.05, 4.69) is 22.4 Å². The standard InChI is InChI=1S/C24H31N5O8S/c30-21(31)13-26-5-6-27(14-22(32)33)9-10-29(16-24(36)37)20(12-28(8-7-26)15-23(34)35)11-18-1-3-19(4-2-18)25-17-38/h1-4,12H,5-11,13-16H2,(H,30,31)(H,32,33)(H,34,35)(H,36,37)/b20-12-. The molecule has 1 heterocycles. The van der Waals surface area contributed by atoms with Gasteiger partial charge in [-0.1, -0.05) is 12.1 Å². The van der Waals surface area contributed by atoms with Crippen molar-refractivity contribution in [2.45, 2.75) is 6.42 Å². The van der Waals surface area contributed by atoms with Gasteiger partial charge in [0.1, 0.15) is 13.1 Å². The minimum Gasteiger partial charge on any atom is -0.480 e. The molecule has 0 unspecified atom stereocenters. The van der Waals surface area contributed by atoms with Crippen LogP contribution in [0.1, 0.15) is 5.56 Å². The van der Waals surface area contributed by atoms with Gasteiger partial charge in [0.05, 0.1) is 23.9 Å². The molecule has 1 aliphatic heterocycles. The number of aliphatic imine (C=N–C) groups is 1. The first-order chi connectivity index (χ1) is 18.0. The summed E-state index contributed by atoms with van der Waals surface area (Å²) in [7, 11) is 0. The fourth-order valence-electron chi connectivity index (χ4n) is 3.99. The second kappa shape index (κ2) is 15.4. The summed E-state index contributed by atoms with van der Waals surface area (Å²) in [5, 5.41) is 40.0. The minimum absolute atomic E-state index is 0.151. The second-order valence-corrected chi connectivity index (χ2v) is 8.87. The van der Waals surface area contributed by atoms with E-state index in [-0.39, 0.29) is 71.9 Å². The van der Waals surface area contributed by atoms with Crippen LogP contribution in [-0.2, 0) is 25.6 Å². The molecule has 0 bridgehead atoms. The Hall–Kier alpha value is -3.84. The molecule has 0 atom stereocenters. The molecule has 0 aliphatic carbocycles. The first kappa shape index (κ1) is 30.4. The van der Waals surface area contributed by atoms with Crippen LogP contribution in [0, 0.1) is 0 Å². The maximum absolute atomic E-state index is 11.7. The van der Waals surface area contributed by atoms with Crippen LogP contribution in [0.4, 0.5) is 5.69 Å². The van der Waals surface area contributed by atoms with Crippen molar-refractivity contribution in [3.63, 3.8) is 0 Å². The van der Waals surface area contributed by atoms with Gasteiger partial charge in [-0.2, -0.15) is 4.99 Å². The van der Waals surface area contributed by atoms with Crippen LogP contribution in [0.25, 0.3) is 0 Å². The van der Waals surface area contributed by atoms with E-state index < -0.39 is 23.9 Å². The number of carboxylic acids is 4. The van der Waals surface area contributed by atoms with Crippen LogP contribution >= 0.6 is 12.2 Å². The van der Waals surface area contributed by atoms with Crippen molar-refractivity contribution in [2.24, 2.45) is 4.99 Å². The number of allylic oxidation sites excluding steroid dienone is 1. The number of hydrogen-bond acceptors (Lipinski definition) is 10. The summed E-state index contributed by atoms with van der Waals surface area (Å²) in [6.45, 7) is -0.165. The molecule has 0 fully saturated rings. The predicted molar refractivity (Wildman–Crippen MR) is 139 cm³/mol. The fourth-order valence-corrected chi connectivity index (χ4v) is 4.09. The Labute approximate surface area is 224 Å². The molecule has 0 saturated heterocycles. The van der Waals surface area contributed by atoms with Crippen molar-refractivity contribution in [1.29, 1.82) is 0 Å². The van der Waals surface area contributed by atoms with E-state index in [9.17, 15) is 39.6 Å². The van der Waals surface area contributed by atoms with Gasteiger partial charge in [-0.15, -0.1) is 0 Å². The van der Waals surface area contributed by atoms with Gasteiger partial charge in [0.2, 0.25) is 0 Å². The van der Waals surface area contributed by atoms with Gasteiger partial charge in [-0.05, 0) is 29.9 Å². The number of nitrogens with zero attached hydrogens (tertiary/aromatic N) is 5. The quantitative estimate of drug-likeness (QED) is 0.220. The van der Waals surface area contributed by atoms with E-state index in [1.807, 2.05) is 0 Å². The molecule has 0 spiro atoms. The fraction of sp³-hybridized carbons (Fsp3) is 0.458. The van der Waals surface area contributed by atoms with E-state index in [4.69, 9.17) is 0 Å². The maximum atomic E-state index is 11.7. The maximum Gasteiger partial charge on any atom is 0.323 e. The molecule has 1 aliphatic rings. The number of aliphatic carboxylic acids is 4. The Morgan fingerprint density at radius 3 is 1.74 bits per heavy atom. The normalized spacial score (nSPS) is 17.3. The molecule has 0 amide bonds. The lowest BCUT2D eigenvalue weighted by Gasteiger charge is -2.34. The lowest BCUT2D eigenvalue weighted by molar-refractivity contribution is -0.140. The second-order valence-electron chi connectivity index (χ2n) is 8.69. The third-order valence-corrected chi connectivity index (χ3v) is 5.83. The lowest BCUT2D eigenvalue weighted by Crippen LogP contribution is -2.46. The van der Waals surface area contributed by atoms with E-state index >= 15 is 0 Å². The zero-order valence-corrected chi connectivity index (χ0v) is 21.5. The molecule has 1 aromatic rings. The molecular weight excluding hydrogens is 518 g/mol. The molecule has 0 saturated carbocycles. The molecule has 2 rings (SSSR count). The molecule has 206 valence electrons. The Bertz CT molecular complexity index is 1070. The van der Waals surface area contributed by atoms with E-state index in [1.165, 1.54) is 4.90 Å². The summed E-state index contributed by atoms with van der Waals surface area (Å²) >= 11 is 4.62. The average molecular weight is 550 g/mol. The largest absolute Gasteiger partial charge is 0.480 e. The van der Waals surface area contributed by atoms with Gasteiger partial charge in [-0.3, -0.25) is 29.0 Å². The van der Waals surface area contributed by atoms with E-state index in [0.29, 0.717) is 11.4 Å². The summed E-state index contributed by atoms with van der Waals surface area (Å²) in [4.78, 5) is 56.4. The highest BCUT2D eigenvalue weighted by Gasteiger charge is 2.22. The topological polar surface area (TPSA) is 175 Å². The van der Waals surface area contributed by atoms with Crippen molar-refractivity contribution in [3.8, 4) is 0 Å². The zero-order valence-electron chi connectivity index (χ0n) is 20.7. The molecule has 38 heavy (non-hydrogen) atoms. The Kier molecular flexibility index (Phi) is 12.3. The van der Waals surface area contributed by atoms with Crippen LogP contribution in [-0.4, -0.2) is 135 Å². The van der Waals surface area contributed by atoms with Gasteiger partial charge >= 0.3 is 23.9 Å². The molecule has 14 heteroatoms. The van der Waals surface area contributed by atoms with E-state index in [1.54, 1.807) is 45.2 Å². The summed E-state index contributed by atoms with van der Waals surface area (Å²) < 4.78 is 0. The highest BCUT2D eigenvalue weighted by atomic mass is 32.1. The van der Waals surface area contributed by atoms with Gasteiger partial charge in [0.25, 0.3) is 0 Å². The first-order valence-electron chi connectivity index (χ1n) is 11.7. The predicted octanol–water partition coefficient (Wildman–Crippen LogP) is 0.365. The highest BCUT2D eigenvalue weighted by molar-refractivity contribution is 7.78. The third kappa shape index (κ3) is 11.5. The van der Waals surface area contributed by atoms with Crippen LogP contribution in [0.3, 0.4) is 0 Å². The summed E-state index contributed by atoms with van der Waals surface area (Å²) in [6.07, 6.45) is 1.84. The molecule has 0 radical (unpaired) electrons. The number of thiocarbonyl (C=S) groups is 1. The van der Waals surface area contributed by atoms with Crippen LogP contribution in [0.5, 0.6) is 0 Å². The summed E-state index contributed by atoms with van der Waals surface area (Å²) in [5.74, 6) is -4.32. The Balaban J connectivity index is 2.49. The lowest BCUT2D eigenvalue weighted by atomic mass is 10.1. The van der Waals surface area contributed by atoms with Crippen LogP contribution in [0.15, 0.2) is 41.2 Å². The number of isothiocyanates is 1. The SMILES string of the molecule is O=C(O)CN1/C=C(/Cc2ccc(N=C=S)cc2)N(CC(=O)O)CCN(CC(=O)O)CCN(CC(=O)O)CC1. The highest BCUT2D eigenvalue weighted by Crippen LogP contribution is 2.18. The monoisotopic (exact) mass is 549 g/mol. The van der Waals surface area contributed by atoms with Crippen LogP contribution in [0.2, 0.25) is 0 Å². The number of carboxylic acid groups (broad SMARTS) is 4.